The summed E-state index contributed by atoms with van der Waals surface area (Å²) in [6.07, 6.45) is 4.43. The average Bonchev–Trinajstić information content (AvgIpc) is 2.99. The predicted molar refractivity (Wildman–Crippen MR) is 95.9 cm³/mol. The van der Waals surface area contributed by atoms with Crippen LogP contribution in [0.5, 0.6) is 11.5 Å². The van der Waals surface area contributed by atoms with Gasteiger partial charge >= 0.3 is 0 Å². The molecule has 126 valence electrons. The fourth-order valence-electron chi connectivity index (χ4n) is 3.91. The Hall–Kier alpha value is -2.00. The molecule has 0 saturated carbocycles. The minimum Gasteiger partial charge on any atom is -0.497 e. The van der Waals surface area contributed by atoms with E-state index >= 15 is 0 Å². The van der Waals surface area contributed by atoms with Gasteiger partial charge in [-0.2, -0.15) is 0 Å². The van der Waals surface area contributed by atoms with Crippen LogP contribution in [0.1, 0.15) is 24.0 Å². The van der Waals surface area contributed by atoms with E-state index < -0.39 is 0 Å². The smallest absolute Gasteiger partial charge is 0.123 e. The summed E-state index contributed by atoms with van der Waals surface area (Å²) in [5.74, 6) is 2.03. The van der Waals surface area contributed by atoms with Crippen molar-refractivity contribution in [1.82, 2.24) is 4.90 Å². The number of hydrogen-bond acceptors (Lipinski definition) is 3. The summed E-state index contributed by atoms with van der Waals surface area (Å²) in [7, 11) is 1.71. The van der Waals surface area contributed by atoms with Gasteiger partial charge < -0.3 is 14.4 Å². The van der Waals surface area contributed by atoms with Gasteiger partial charge in [-0.1, -0.05) is 30.3 Å². The van der Waals surface area contributed by atoms with Crippen molar-refractivity contribution in [2.24, 2.45) is 0 Å². The quantitative estimate of drug-likeness (QED) is 0.856. The Morgan fingerprint density at radius 3 is 2.50 bits per heavy atom. The standard InChI is InChI=1S/C21H25NO2/c1-23-19-8-6-17(7-9-19)10-13-22-14-11-21(12-15-22)16-18-4-2-3-5-20(18)24-21/h2-9H,10-16H2,1H3. The normalized spacial score (nSPS) is 19.0. The van der Waals surface area contributed by atoms with Crippen molar-refractivity contribution in [2.75, 3.05) is 26.7 Å². The molecule has 1 spiro atoms. The molecular formula is C21H25NO2. The lowest BCUT2D eigenvalue weighted by Crippen LogP contribution is -2.47. The Balaban J connectivity index is 1.29. The molecule has 0 radical (unpaired) electrons. The number of para-hydroxylation sites is 1. The van der Waals surface area contributed by atoms with Crippen LogP contribution >= 0.6 is 0 Å². The van der Waals surface area contributed by atoms with Crippen molar-refractivity contribution < 1.29 is 9.47 Å². The summed E-state index contributed by atoms with van der Waals surface area (Å²) >= 11 is 0. The van der Waals surface area contributed by atoms with Crippen LogP contribution in [0.2, 0.25) is 0 Å². The molecule has 24 heavy (non-hydrogen) atoms. The molecule has 1 fully saturated rings. The van der Waals surface area contributed by atoms with Crippen molar-refractivity contribution in [2.45, 2.75) is 31.3 Å². The molecule has 1 saturated heterocycles. The third kappa shape index (κ3) is 3.13. The van der Waals surface area contributed by atoms with Gasteiger partial charge in [-0.3, -0.25) is 0 Å². The van der Waals surface area contributed by atoms with E-state index in [1.165, 1.54) is 11.1 Å². The third-order valence-corrected chi connectivity index (χ3v) is 5.45. The Morgan fingerprint density at radius 2 is 1.79 bits per heavy atom. The molecule has 2 aromatic rings. The average molecular weight is 323 g/mol. The van der Waals surface area contributed by atoms with Gasteiger partial charge in [0, 0.05) is 38.9 Å². The highest BCUT2D eigenvalue weighted by molar-refractivity contribution is 5.39. The van der Waals surface area contributed by atoms with Crippen LogP contribution in [0.25, 0.3) is 0 Å². The van der Waals surface area contributed by atoms with E-state index in [0.717, 1.165) is 56.8 Å². The van der Waals surface area contributed by atoms with Gasteiger partial charge in [-0.25, -0.2) is 0 Å². The summed E-state index contributed by atoms with van der Waals surface area (Å²) < 4.78 is 11.6. The predicted octanol–water partition coefficient (Wildman–Crippen LogP) is 3.71. The molecule has 0 N–H and O–H groups in total. The molecule has 0 atom stereocenters. The molecule has 0 aliphatic carbocycles. The second kappa shape index (κ2) is 6.48. The van der Waals surface area contributed by atoms with Crippen LogP contribution in [0, 0.1) is 0 Å². The zero-order valence-electron chi connectivity index (χ0n) is 14.3. The molecule has 0 amide bonds. The highest BCUT2D eigenvalue weighted by Gasteiger charge is 2.41. The highest BCUT2D eigenvalue weighted by Crippen LogP contribution is 2.40. The highest BCUT2D eigenvalue weighted by atomic mass is 16.5. The number of benzene rings is 2. The van der Waals surface area contributed by atoms with Gasteiger partial charge in [0.25, 0.3) is 0 Å². The maximum Gasteiger partial charge on any atom is 0.123 e. The van der Waals surface area contributed by atoms with Gasteiger partial charge in [-0.05, 0) is 35.7 Å². The molecule has 2 aromatic carbocycles. The fraction of sp³-hybridized carbons (Fsp3) is 0.429. The number of methoxy groups -OCH3 is 1. The van der Waals surface area contributed by atoms with Crippen molar-refractivity contribution in [3.8, 4) is 11.5 Å². The van der Waals surface area contributed by atoms with E-state index in [-0.39, 0.29) is 5.60 Å². The molecule has 3 heteroatoms. The van der Waals surface area contributed by atoms with Gasteiger partial charge in [0.1, 0.15) is 17.1 Å². The Kier molecular flexibility index (Phi) is 4.19. The molecule has 2 aliphatic heterocycles. The number of fused-ring (bicyclic) bond motifs is 1. The molecule has 4 rings (SSSR count). The van der Waals surface area contributed by atoms with Crippen LogP contribution in [-0.4, -0.2) is 37.2 Å². The molecular weight excluding hydrogens is 298 g/mol. The van der Waals surface area contributed by atoms with Crippen LogP contribution in [0.3, 0.4) is 0 Å². The SMILES string of the molecule is COc1ccc(CCN2CCC3(CC2)Cc2ccccc2O3)cc1. The van der Waals surface area contributed by atoms with Crippen molar-refractivity contribution >= 4 is 0 Å². The minimum absolute atomic E-state index is 0.0559. The molecule has 2 heterocycles. The maximum atomic E-state index is 6.33. The summed E-state index contributed by atoms with van der Waals surface area (Å²) in [5.41, 5.74) is 2.81. The van der Waals surface area contributed by atoms with E-state index in [9.17, 15) is 0 Å². The van der Waals surface area contributed by atoms with Crippen molar-refractivity contribution in [1.29, 1.82) is 0 Å². The Bertz CT molecular complexity index is 660. The number of nitrogens with zero attached hydrogens (tertiary/aromatic N) is 1. The maximum absolute atomic E-state index is 6.33. The van der Waals surface area contributed by atoms with E-state index in [1.807, 2.05) is 12.1 Å². The third-order valence-electron chi connectivity index (χ3n) is 5.45. The second-order valence-corrected chi connectivity index (χ2v) is 7.01. The van der Waals surface area contributed by atoms with Crippen LogP contribution in [0.4, 0.5) is 0 Å². The first-order valence-corrected chi connectivity index (χ1v) is 8.89. The van der Waals surface area contributed by atoms with E-state index in [1.54, 1.807) is 7.11 Å². The number of likely N-dealkylation sites (tertiary alicyclic amines) is 1. The monoisotopic (exact) mass is 323 g/mol. The Labute approximate surface area is 144 Å². The number of hydrogen-bond donors (Lipinski definition) is 0. The van der Waals surface area contributed by atoms with Gasteiger partial charge in [0.15, 0.2) is 0 Å². The van der Waals surface area contributed by atoms with Crippen molar-refractivity contribution in [3.05, 3.63) is 59.7 Å². The summed E-state index contributed by atoms with van der Waals surface area (Å²) in [6, 6.07) is 16.9. The van der Waals surface area contributed by atoms with E-state index in [0.29, 0.717) is 0 Å². The molecule has 0 aromatic heterocycles. The lowest BCUT2D eigenvalue weighted by Gasteiger charge is -2.38. The zero-order chi connectivity index (χ0) is 16.4. The molecule has 0 unspecified atom stereocenters. The van der Waals surface area contributed by atoms with Gasteiger partial charge in [0.2, 0.25) is 0 Å². The fourth-order valence-corrected chi connectivity index (χ4v) is 3.91. The minimum atomic E-state index is 0.0559. The van der Waals surface area contributed by atoms with Crippen LogP contribution in [-0.2, 0) is 12.8 Å². The number of piperidine rings is 1. The first-order valence-electron chi connectivity index (χ1n) is 8.89. The lowest BCUT2D eigenvalue weighted by molar-refractivity contribution is 0.0198. The van der Waals surface area contributed by atoms with E-state index in [2.05, 4.69) is 41.3 Å². The summed E-state index contributed by atoms with van der Waals surface area (Å²) in [5, 5.41) is 0. The summed E-state index contributed by atoms with van der Waals surface area (Å²) in [4.78, 5) is 2.57. The van der Waals surface area contributed by atoms with Gasteiger partial charge in [-0.15, -0.1) is 0 Å². The summed E-state index contributed by atoms with van der Waals surface area (Å²) in [6.45, 7) is 3.38. The number of ether oxygens (including phenoxy) is 2. The van der Waals surface area contributed by atoms with Crippen molar-refractivity contribution in [3.63, 3.8) is 0 Å². The molecule has 2 aliphatic rings. The topological polar surface area (TPSA) is 21.7 Å². The Morgan fingerprint density at radius 1 is 1.04 bits per heavy atom. The zero-order valence-corrected chi connectivity index (χ0v) is 14.3. The largest absolute Gasteiger partial charge is 0.497 e. The first-order chi connectivity index (χ1) is 11.8. The molecule has 0 bridgehead atoms. The van der Waals surface area contributed by atoms with E-state index in [4.69, 9.17) is 9.47 Å². The number of rotatable bonds is 4. The molecule has 3 nitrogen and oxygen atoms in total. The first kappa shape index (κ1) is 15.5. The van der Waals surface area contributed by atoms with Crippen LogP contribution in [0.15, 0.2) is 48.5 Å². The lowest BCUT2D eigenvalue weighted by atomic mass is 9.87. The van der Waals surface area contributed by atoms with Crippen LogP contribution < -0.4 is 9.47 Å². The second-order valence-electron chi connectivity index (χ2n) is 7.01. The van der Waals surface area contributed by atoms with Gasteiger partial charge in [0.05, 0.1) is 7.11 Å².